The Morgan fingerprint density at radius 1 is 1.35 bits per heavy atom. The van der Waals surface area contributed by atoms with E-state index in [9.17, 15) is 4.79 Å². The third kappa shape index (κ3) is 3.33. The lowest BCUT2D eigenvalue weighted by molar-refractivity contribution is 0.187. The fourth-order valence-electron chi connectivity index (χ4n) is 1.64. The Morgan fingerprint density at radius 2 is 2.06 bits per heavy atom. The van der Waals surface area contributed by atoms with Crippen LogP contribution in [0.2, 0.25) is 0 Å². The molecule has 0 aliphatic carbocycles. The highest BCUT2D eigenvalue weighted by atomic mass is 32.2. The molecule has 0 radical (unpaired) electrons. The monoisotopic (exact) mass is 269 g/mol. The number of hydrogen-bond acceptors (Lipinski definition) is 4. The van der Waals surface area contributed by atoms with E-state index >= 15 is 0 Å². The van der Waals surface area contributed by atoms with E-state index in [1.807, 2.05) is 41.7 Å². The quantitative estimate of drug-likeness (QED) is 0.887. The Hall–Kier alpha value is -0.810. The molecule has 0 bridgehead atoms. The summed E-state index contributed by atoms with van der Waals surface area (Å²) in [5.41, 5.74) is 2.03. The number of hydrogen-bond donors (Lipinski definition) is 1. The summed E-state index contributed by atoms with van der Waals surface area (Å²) in [5, 5.41) is 2.77. The molecule has 0 unspecified atom stereocenters. The first-order valence-corrected chi connectivity index (χ1v) is 7.58. The third-order valence-corrected chi connectivity index (χ3v) is 5.44. The molecule has 1 aromatic carbocycles. The van der Waals surface area contributed by atoms with Gasteiger partial charge in [-0.3, -0.25) is 5.32 Å². The molecule has 0 saturated carbocycles. The van der Waals surface area contributed by atoms with Crippen molar-refractivity contribution < 1.29 is 9.53 Å². The van der Waals surface area contributed by atoms with Gasteiger partial charge in [0.25, 0.3) is 0 Å². The van der Waals surface area contributed by atoms with E-state index in [-0.39, 0.29) is 0 Å². The summed E-state index contributed by atoms with van der Waals surface area (Å²) in [6, 6.07) is 7.92. The molecule has 1 N–H and O–H groups in total. The van der Waals surface area contributed by atoms with Crippen molar-refractivity contribution in [3.05, 3.63) is 29.8 Å². The molecule has 5 heteroatoms. The second-order valence-electron chi connectivity index (χ2n) is 3.63. The number of carbonyl (C=O) groups excluding carboxylic acids is 1. The number of anilines is 1. The van der Waals surface area contributed by atoms with Gasteiger partial charge in [-0.15, -0.1) is 23.5 Å². The van der Waals surface area contributed by atoms with E-state index in [1.165, 1.54) is 30.6 Å². The van der Waals surface area contributed by atoms with Gasteiger partial charge >= 0.3 is 6.09 Å². The van der Waals surface area contributed by atoms with Crippen molar-refractivity contribution in [3.8, 4) is 0 Å². The fourth-order valence-corrected chi connectivity index (χ4v) is 4.61. The Labute approximate surface area is 110 Å². The van der Waals surface area contributed by atoms with Crippen LogP contribution in [0.5, 0.6) is 0 Å². The van der Waals surface area contributed by atoms with Crippen LogP contribution in [-0.2, 0) is 4.74 Å². The van der Waals surface area contributed by atoms with Gasteiger partial charge in [-0.1, -0.05) is 18.2 Å². The van der Waals surface area contributed by atoms with Gasteiger partial charge in [-0.25, -0.2) is 4.79 Å². The molecular weight excluding hydrogens is 254 g/mol. The van der Waals surface area contributed by atoms with Crippen LogP contribution in [-0.4, -0.2) is 24.7 Å². The zero-order valence-corrected chi connectivity index (χ0v) is 11.3. The summed E-state index contributed by atoms with van der Waals surface area (Å²) in [6.45, 7) is 0. The van der Waals surface area contributed by atoms with Gasteiger partial charge < -0.3 is 4.74 Å². The number of thioether (sulfide) groups is 2. The maximum Gasteiger partial charge on any atom is 0.411 e. The van der Waals surface area contributed by atoms with Crippen LogP contribution in [0.1, 0.15) is 16.6 Å². The molecule has 1 aliphatic rings. The van der Waals surface area contributed by atoms with Crippen molar-refractivity contribution in [1.82, 2.24) is 0 Å². The number of rotatable bonds is 2. The summed E-state index contributed by atoms with van der Waals surface area (Å²) in [6.07, 6.45) is 0.849. The van der Waals surface area contributed by atoms with Crippen LogP contribution in [0.15, 0.2) is 24.3 Å². The number of benzene rings is 1. The first-order chi connectivity index (χ1) is 8.31. The van der Waals surface area contributed by atoms with E-state index in [4.69, 9.17) is 0 Å². The highest BCUT2D eigenvalue weighted by molar-refractivity contribution is 8.16. The van der Waals surface area contributed by atoms with E-state index in [0.717, 1.165) is 5.69 Å². The lowest BCUT2D eigenvalue weighted by Gasteiger charge is -2.23. The minimum absolute atomic E-state index is 0.414. The molecule has 17 heavy (non-hydrogen) atoms. The molecule has 1 aromatic rings. The van der Waals surface area contributed by atoms with Gasteiger partial charge in [0.1, 0.15) is 0 Å². The Bertz CT molecular complexity index is 392. The fraction of sp³-hybridized carbons (Fsp3) is 0.417. The molecule has 0 atom stereocenters. The molecule has 1 saturated heterocycles. The lowest BCUT2D eigenvalue weighted by Crippen LogP contribution is -2.13. The maximum atomic E-state index is 11.3. The molecule has 1 fully saturated rings. The number of nitrogens with one attached hydrogen (secondary N) is 1. The van der Waals surface area contributed by atoms with Gasteiger partial charge in [0, 0.05) is 5.69 Å². The molecule has 1 aliphatic heterocycles. The smallest absolute Gasteiger partial charge is 0.411 e. The molecule has 1 amide bonds. The predicted octanol–water partition coefficient (Wildman–Crippen LogP) is 3.73. The number of amides is 1. The van der Waals surface area contributed by atoms with Gasteiger partial charge in [-0.05, 0) is 29.6 Å². The number of ether oxygens (including phenoxy) is 1. The highest BCUT2D eigenvalue weighted by Crippen LogP contribution is 2.45. The average Bonchev–Trinajstić information content (AvgIpc) is 2.40. The highest BCUT2D eigenvalue weighted by Gasteiger charge is 2.20. The van der Waals surface area contributed by atoms with E-state index < -0.39 is 6.09 Å². The average molecular weight is 269 g/mol. The Kier molecular flexibility index (Phi) is 4.62. The summed E-state index contributed by atoms with van der Waals surface area (Å²) >= 11 is 3.87. The second-order valence-corrected chi connectivity index (χ2v) is 6.36. The number of methoxy groups -OCH3 is 1. The summed E-state index contributed by atoms with van der Waals surface area (Å²) in [7, 11) is 1.38. The molecule has 0 aromatic heterocycles. The normalized spacial score (nSPS) is 16.5. The van der Waals surface area contributed by atoms with Crippen molar-refractivity contribution in [2.24, 2.45) is 0 Å². The van der Waals surface area contributed by atoms with Crippen LogP contribution in [0, 0.1) is 0 Å². The van der Waals surface area contributed by atoms with Crippen LogP contribution in [0.25, 0.3) is 0 Å². The second kappa shape index (κ2) is 6.21. The van der Waals surface area contributed by atoms with Gasteiger partial charge in [0.15, 0.2) is 0 Å². The standard InChI is InChI=1S/C12H15NO2S2/c1-15-12(14)13-10-6-3-2-5-9(10)11-16-7-4-8-17-11/h2-3,5-6,11H,4,7-8H2,1H3,(H,13,14). The summed E-state index contributed by atoms with van der Waals surface area (Å²) in [5.74, 6) is 2.37. The van der Waals surface area contributed by atoms with Crippen LogP contribution >= 0.6 is 23.5 Å². The maximum absolute atomic E-state index is 11.3. The van der Waals surface area contributed by atoms with E-state index in [0.29, 0.717) is 4.58 Å². The first kappa shape index (κ1) is 12.6. The van der Waals surface area contributed by atoms with Crippen LogP contribution in [0.3, 0.4) is 0 Å². The molecule has 2 rings (SSSR count). The van der Waals surface area contributed by atoms with E-state index in [2.05, 4.69) is 16.1 Å². The van der Waals surface area contributed by atoms with Crippen molar-refractivity contribution in [1.29, 1.82) is 0 Å². The first-order valence-electron chi connectivity index (χ1n) is 5.48. The Balaban J connectivity index is 2.17. The lowest BCUT2D eigenvalue weighted by atomic mass is 10.2. The largest absolute Gasteiger partial charge is 0.453 e. The molecule has 3 nitrogen and oxygen atoms in total. The van der Waals surface area contributed by atoms with Gasteiger partial charge in [0.2, 0.25) is 0 Å². The van der Waals surface area contributed by atoms with Crippen molar-refractivity contribution in [2.45, 2.75) is 11.0 Å². The Morgan fingerprint density at radius 3 is 2.76 bits per heavy atom. The minimum atomic E-state index is -0.414. The zero-order valence-electron chi connectivity index (χ0n) is 9.64. The van der Waals surface area contributed by atoms with Crippen molar-refractivity contribution in [3.63, 3.8) is 0 Å². The topological polar surface area (TPSA) is 38.3 Å². The third-order valence-electron chi connectivity index (χ3n) is 2.46. The molecule has 92 valence electrons. The van der Waals surface area contributed by atoms with Crippen LogP contribution < -0.4 is 5.32 Å². The summed E-state index contributed by atoms with van der Waals surface area (Å²) < 4.78 is 5.05. The molecule has 0 spiro atoms. The van der Waals surface area contributed by atoms with Gasteiger partial charge in [-0.2, -0.15) is 0 Å². The van der Waals surface area contributed by atoms with Gasteiger partial charge in [0.05, 0.1) is 11.7 Å². The van der Waals surface area contributed by atoms with Crippen LogP contribution in [0.4, 0.5) is 10.5 Å². The minimum Gasteiger partial charge on any atom is -0.453 e. The number of para-hydroxylation sites is 1. The molecule has 1 heterocycles. The number of carbonyl (C=O) groups is 1. The SMILES string of the molecule is COC(=O)Nc1ccccc1C1SCCCS1. The predicted molar refractivity (Wildman–Crippen MR) is 74.7 cm³/mol. The molecular formula is C12H15NO2S2. The van der Waals surface area contributed by atoms with Crippen molar-refractivity contribution in [2.75, 3.05) is 23.9 Å². The zero-order chi connectivity index (χ0) is 12.1. The van der Waals surface area contributed by atoms with E-state index in [1.54, 1.807) is 0 Å². The van der Waals surface area contributed by atoms with Crippen molar-refractivity contribution >= 4 is 35.3 Å². The summed E-state index contributed by atoms with van der Waals surface area (Å²) in [4.78, 5) is 11.3.